The third-order valence-electron chi connectivity index (χ3n) is 9.79. The van der Waals surface area contributed by atoms with Crippen LogP contribution < -0.4 is 0 Å². The van der Waals surface area contributed by atoms with Gasteiger partial charge in [0.15, 0.2) is 35.9 Å². The molecule has 2 aromatic rings. The molecule has 2 aromatic carbocycles. The Morgan fingerprint density at radius 1 is 0.660 bits per heavy atom. The standard InChI is InChI=1S/C34H42O19/c1-10-21(39)25(43)28(46)32(49-10)48-9-19-23(41)27(45)31(53-33-29(47)26(44)22(40)11(2)50-33)34(51-19)52-30-15(12-3-4-16(36)17(37)7-12)6-13-5-14(35)8-18(38)20(13)24(30)42/h3-5,7-8,10-11,19,21-23,25-29,31-41,43-47H,6,9H2,1-2H3/t10-,11-,19+,21-,22-,23+,25+,26+,27-,28+,29+,31+,32+,33-,34-/m0/s1. The van der Waals surface area contributed by atoms with E-state index >= 15 is 0 Å². The summed E-state index contributed by atoms with van der Waals surface area (Å²) in [6.07, 6.45) is -24.9. The summed E-state index contributed by atoms with van der Waals surface area (Å²) in [7, 11) is 0. The summed E-state index contributed by atoms with van der Waals surface area (Å²) in [6.45, 7) is 2.11. The van der Waals surface area contributed by atoms with Gasteiger partial charge in [0.2, 0.25) is 12.1 Å². The molecule has 0 amide bonds. The SMILES string of the molecule is C[C@@H]1O[C@@H](OC[C@H]2O[C@@H](OC3=C(c4ccc(O)c(O)c4)Cc4cc(O)cc(O)c4C3=O)[C@H](O[C@@H]3O[C@@H](C)[C@H](O)[C@@H](O)[C@H]3O)[C@@H](O)[C@@H]2O)[C@H](O)[C@H](O)[C@H]1O. The topological polar surface area (TPSA) is 315 Å². The number of aromatic hydroxyl groups is 4. The van der Waals surface area contributed by atoms with E-state index in [0.717, 1.165) is 18.2 Å². The fourth-order valence-corrected chi connectivity index (χ4v) is 6.68. The molecule has 12 N–H and O–H groups in total. The Bertz CT molecular complexity index is 1700. The first-order valence-corrected chi connectivity index (χ1v) is 16.7. The molecule has 0 spiro atoms. The van der Waals surface area contributed by atoms with Crippen LogP contribution in [0.3, 0.4) is 0 Å². The molecular formula is C34H42O19. The van der Waals surface area contributed by atoms with Gasteiger partial charge in [0, 0.05) is 18.1 Å². The van der Waals surface area contributed by atoms with E-state index in [1.807, 2.05) is 0 Å². The van der Waals surface area contributed by atoms with Crippen LogP contribution in [0.15, 0.2) is 36.1 Å². The lowest BCUT2D eigenvalue weighted by Gasteiger charge is -2.46. The number of hydrogen-bond donors (Lipinski definition) is 12. The number of Topliss-reactive ketones (excluding diaryl/α,β-unsaturated/α-hetero) is 1. The molecule has 0 unspecified atom stereocenters. The first kappa shape index (κ1) is 39.0. The van der Waals surface area contributed by atoms with Crippen molar-refractivity contribution in [1.29, 1.82) is 0 Å². The summed E-state index contributed by atoms with van der Waals surface area (Å²) in [5.41, 5.74) is 0.0176. The summed E-state index contributed by atoms with van der Waals surface area (Å²) < 4.78 is 34.5. The van der Waals surface area contributed by atoms with Gasteiger partial charge < -0.3 is 89.7 Å². The molecule has 0 aromatic heterocycles. The monoisotopic (exact) mass is 754 g/mol. The van der Waals surface area contributed by atoms with Gasteiger partial charge in [0.25, 0.3) is 0 Å². The van der Waals surface area contributed by atoms with E-state index < -0.39 is 128 Å². The molecule has 0 bridgehead atoms. The van der Waals surface area contributed by atoms with Crippen molar-refractivity contribution in [3.63, 3.8) is 0 Å². The summed E-state index contributed by atoms with van der Waals surface area (Å²) in [4.78, 5) is 14.1. The number of ketones is 1. The second-order valence-electron chi connectivity index (χ2n) is 13.5. The quantitative estimate of drug-likeness (QED) is 0.121. The van der Waals surface area contributed by atoms with Gasteiger partial charge in [-0.1, -0.05) is 6.07 Å². The average Bonchev–Trinajstić information content (AvgIpc) is 3.11. The van der Waals surface area contributed by atoms with Gasteiger partial charge in [0.1, 0.15) is 66.4 Å². The van der Waals surface area contributed by atoms with E-state index in [1.54, 1.807) is 0 Å². The zero-order valence-electron chi connectivity index (χ0n) is 28.2. The van der Waals surface area contributed by atoms with E-state index in [0.29, 0.717) is 0 Å². The molecule has 3 aliphatic heterocycles. The Morgan fingerprint density at radius 2 is 1.28 bits per heavy atom. The number of aliphatic hydroxyl groups is 8. The fourth-order valence-electron chi connectivity index (χ4n) is 6.68. The third-order valence-corrected chi connectivity index (χ3v) is 9.79. The van der Waals surface area contributed by atoms with E-state index in [-0.39, 0.29) is 34.4 Å². The maximum Gasteiger partial charge on any atom is 0.232 e. The average molecular weight is 755 g/mol. The van der Waals surface area contributed by atoms with Crippen LogP contribution in [0, 0.1) is 0 Å². The van der Waals surface area contributed by atoms with Crippen LogP contribution >= 0.6 is 0 Å². The third kappa shape index (κ3) is 7.41. The van der Waals surface area contributed by atoms with Crippen molar-refractivity contribution in [2.75, 3.05) is 6.61 Å². The Labute approximate surface area is 300 Å². The van der Waals surface area contributed by atoms with Crippen molar-refractivity contribution in [3.05, 3.63) is 52.8 Å². The second kappa shape index (κ2) is 15.2. The van der Waals surface area contributed by atoms with E-state index in [4.69, 9.17) is 28.4 Å². The number of phenols is 4. The van der Waals surface area contributed by atoms with Gasteiger partial charge in [-0.25, -0.2) is 0 Å². The predicted octanol–water partition coefficient (Wildman–Crippen LogP) is -2.82. The second-order valence-corrected chi connectivity index (χ2v) is 13.5. The minimum absolute atomic E-state index is 0.0277. The Morgan fingerprint density at radius 3 is 1.92 bits per heavy atom. The molecule has 19 nitrogen and oxygen atoms in total. The lowest BCUT2D eigenvalue weighted by Crippen LogP contribution is -2.64. The number of phenolic OH excluding ortho intramolecular Hbond substituents is 4. The maximum atomic E-state index is 14.1. The number of hydrogen-bond acceptors (Lipinski definition) is 19. The highest BCUT2D eigenvalue weighted by Crippen LogP contribution is 2.42. The molecule has 4 aliphatic rings. The van der Waals surface area contributed by atoms with Crippen LogP contribution in [0.25, 0.3) is 5.57 Å². The van der Waals surface area contributed by atoms with Crippen LogP contribution in [0.2, 0.25) is 0 Å². The minimum Gasteiger partial charge on any atom is -0.508 e. The first-order chi connectivity index (χ1) is 25.0. The fraction of sp³-hybridized carbons (Fsp3) is 0.559. The molecule has 1 aliphatic carbocycles. The number of ether oxygens (including phenoxy) is 6. The summed E-state index contributed by atoms with van der Waals surface area (Å²) in [5, 5.41) is 126. The Hall–Kier alpha value is -3.67. The largest absolute Gasteiger partial charge is 0.508 e. The van der Waals surface area contributed by atoms with Crippen molar-refractivity contribution in [2.45, 2.75) is 112 Å². The molecular weight excluding hydrogens is 712 g/mol. The number of allylic oxidation sites excluding steroid dienone is 2. The molecule has 3 fully saturated rings. The van der Waals surface area contributed by atoms with Crippen LogP contribution in [0.1, 0.15) is 35.3 Å². The van der Waals surface area contributed by atoms with Gasteiger partial charge in [-0.3, -0.25) is 4.79 Å². The van der Waals surface area contributed by atoms with Gasteiger partial charge in [0.05, 0.1) is 24.4 Å². The highest BCUT2D eigenvalue weighted by molar-refractivity contribution is 6.16. The van der Waals surface area contributed by atoms with Crippen LogP contribution in [-0.2, 0) is 34.8 Å². The molecule has 3 heterocycles. The normalized spacial score (nSPS) is 39.1. The minimum atomic E-state index is -2.00. The summed E-state index contributed by atoms with van der Waals surface area (Å²) in [5.74, 6) is -3.57. The highest BCUT2D eigenvalue weighted by atomic mass is 16.8. The van der Waals surface area contributed by atoms with Crippen molar-refractivity contribution in [2.24, 2.45) is 0 Å². The zero-order chi connectivity index (χ0) is 38.6. The molecule has 292 valence electrons. The van der Waals surface area contributed by atoms with Gasteiger partial charge in [-0.05, 0) is 43.2 Å². The highest BCUT2D eigenvalue weighted by Gasteiger charge is 2.52. The molecule has 53 heavy (non-hydrogen) atoms. The molecule has 15 atom stereocenters. The number of rotatable bonds is 8. The Kier molecular flexibility index (Phi) is 11.2. The number of aliphatic hydroxyl groups excluding tert-OH is 8. The van der Waals surface area contributed by atoms with E-state index in [2.05, 4.69) is 0 Å². The molecule has 6 rings (SSSR count). The Balaban J connectivity index is 1.37. The molecule has 19 heteroatoms. The van der Waals surface area contributed by atoms with Crippen LogP contribution in [0.5, 0.6) is 23.0 Å². The number of carbonyl (C=O) groups is 1. The van der Waals surface area contributed by atoms with E-state index in [1.165, 1.54) is 26.0 Å². The van der Waals surface area contributed by atoms with Crippen molar-refractivity contribution in [1.82, 2.24) is 0 Å². The number of fused-ring (bicyclic) bond motifs is 1. The van der Waals surface area contributed by atoms with E-state index in [9.17, 15) is 66.1 Å². The smallest absolute Gasteiger partial charge is 0.232 e. The summed E-state index contributed by atoms with van der Waals surface area (Å²) in [6, 6.07) is 5.72. The maximum absolute atomic E-state index is 14.1. The predicted molar refractivity (Wildman–Crippen MR) is 172 cm³/mol. The van der Waals surface area contributed by atoms with Gasteiger partial charge in [-0.15, -0.1) is 0 Å². The number of carbonyl (C=O) groups excluding carboxylic acids is 1. The van der Waals surface area contributed by atoms with Crippen LogP contribution in [-0.4, -0.2) is 166 Å². The van der Waals surface area contributed by atoms with Crippen molar-refractivity contribution in [3.8, 4) is 23.0 Å². The van der Waals surface area contributed by atoms with Crippen molar-refractivity contribution >= 4 is 11.4 Å². The van der Waals surface area contributed by atoms with Crippen molar-refractivity contribution < 1.29 is 94.5 Å². The van der Waals surface area contributed by atoms with Gasteiger partial charge >= 0.3 is 0 Å². The van der Waals surface area contributed by atoms with Gasteiger partial charge in [-0.2, -0.15) is 0 Å². The van der Waals surface area contributed by atoms with Crippen LogP contribution in [0.4, 0.5) is 0 Å². The molecule has 0 radical (unpaired) electrons. The molecule has 0 saturated carbocycles. The summed E-state index contributed by atoms with van der Waals surface area (Å²) >= 11 is 0. The first-order valence-electron chi connectivity index (χ1n) is 16.7. The number of benzene rings is 2. The zero-order valence-corrected chi connectivity index (χ0v) is 28.2. The molecule has 3 saturated heterocycles. The lowest BCUT2D eigenvalue weighted by atomic mass is 9.85. The lowest BCUT2D eigenvalue weighted by molar-refractivity contribution is -0.365.